The lowest BCUT2D eigenvalue weighted by atomic mass is 9.71. The van der Waals surface area contributed by atoms with Gasteiger partial charge in [0.15, 0.2) is 0 Å². The molecule has 0 aromatic heterocycles. The van der Waals surface area contributed by atoms with E-state index in [1.807, 2.05) is 30.3 Å². The van der Waals surface area contributed by atoms with E-state index in [0.717, 1.165) is 5.56 Å². The van der Waals surface area contributed by atoms with Crippen LogP contribution >= 0.6 is 23.2 Å². The van der Waals surface area contributed by atoms with Gasteiger partial charge in [-0.15, -0.1) is 0 Å². The first-order valence-electron chi connectivity index (χ1n) is 8.02. The van der Waals surface area contributed by atoms with Crippen molar-refractivity contribution in [2.24, 2.45) is 0 Å². The SMILES string of the molecule is COC(=O)C(CCCCC#N)(c1ccccc1)c1ccc(Cl)cc1Cl. The minimum Gasteiger partial charge on any atom is -0.468 e. The highest BCUT2D eigenvalue weighted by Gasteiger charge is 2.44. The summed E-state index contributed by atoms with van der Waals surface area (Å²) in [6.45, 7) is 0. The van der Waals surface area contributed by atoms with E-state index in [9.17, 15) is 4.79 Å². The molecule has 0 fully saturated rings. The summed E-state index contributed by atoms with van der Waals surface area (Å²) in [7, 11) is 1.37. The first-order chi connectivity index (χ1) is 12.1. The number of carbonyl (C=O) groups excluding carboxylic acids is 1. The number of hydrogen-bond acceptors (Lipinski definition) is 3. The van der Waals surface area contributed by atoms with Crippen LogP contribution in [0.25, 0.3) is 0 Å². The molecule has 2 aromatic carbocycles. The molecule has 0 bridgehead atoms. The van der Waals surface area contributed by atoms with Gasteiger partial charge >= 0.3 is 5.97 Å². The normalized spacial score (nSPS) is 12.9. The van der Waals surface area contributed by atoms with Crippen LogP contribution in [0.1, 0.15) is 36.8 Å². The highest BCUT2D eigenvalue weighted by molar-refractivity contribution is 6.35. The average molecular weight is 376 g/mol. The number of nitrogens with zero attached hydrogens (tertiary/aromatic N) is 1. The molecule has 2 aromatic rings. The number of rotatable bonds is 7. The average Bonchev–Trinajstić information content (AvgIpc) is 2.63. The van der Waals surface area contributed by atoms with Crippen LogP contribution in [0.5, 0.6) is 0 Å². The number of unbranched alkanes of at least 4 members (excludes halogenated alkanes) is 2. The second kappa shape index (κ2) is 8.89. The molecule has 5 heteroatoms. The molecular weight excluding hydrogens is 357 g/mol. The lowest BCUT2D eigenvalue weighted by molar-refractivity contribution is -0.146. The lowest BCUT2D eigenvalue weighted by Crippen LogP contribution is -2.38. The first-order valence-corrected chi connectivity index (χ1v) is 8.78. The predicted octanol–water partition coefficient (Wildman–Crippen LogP) is 5.54. The quantitative estimate of drug-likeness (QED) is 0.471. The molecule has 0 aliphatic rings. The molecule has 1 atom stereocenters. The Balaban J connectivity index is 2.62. The summed E-state index contributed by atoms with van der Waals surface area (Å²) in [4.78, 5) is 13.0. The van der Waals surface area contributed by atoms with Crippen LogP contribution in [0.15, 0.2) is 48.5 Å². The molecule has 2 rings (SSSR count). The van der Waals surface area contributed by atoms with Gasteiger partial charge in [0, 0.05) is 16.5 Å². The van der Waals surface area contributed by atoms with Crippen molar-refractivity contribution in [1.82, 2.24) is 0 Å². The molecule has 3 nitrogen and oxygen atoms in total. The van der Waals surface area contributed by atoms with Gasteiger partial charge < -0.3 is 4.74 Å². The van der Waals surface area contributed by atoms with Crippen LogP contribution in [0, 0.1) is 11.3 Å². The van der Waals surface area contributed by atoms with Crippen LogP contribution in [-0.4, -0.2) is 13.1 Å². The third kappa shape index (κ3) is 4.15. The fourth-order valence-corrected chi connectivity index (χ4v) is 3.66. The molecule has 25 heavy (non-hydrogen) atoms. The minimum atomic E-state index is -1.03. The Kier molecular flexibility index (Phi) is 6.87. The summed E-state index contributed by atoms with van der Waals surface area (Å²) in [5, 5.41) is 9.71. The number of halogens is 2. The fourth-order valence-electron chi connectivity index (χ4n) is 3.09. The van der Waals surface area contributed by atoms with Gasteiger partial charge in [0.2, 0.25) is 0 Å². The summed E-state index contributed by atoms with van der Waals surface area (Å²) in [5.41, 5.74) is 0.434. The Bertz CT molecular complexity index is 771. The van der Waals surface area contributed by atoms with Gasteiger partial charge in [-0.25, -0.2) is 0 Å². The van der Waals surface area contributed by atoms with Gasteiger partial charge in [-0.2, -0.15) is 5.26 Å². The van der Waals surface area contributed by atoms with E-state index in [1.54, 1.807) is 18.2 Å². The smallest absolute Gasteiger partial charge is 0.320 e. The van der Waals surface area contributed by atoms with Crippen molar-refractivity contribution in [3.05, 3.63) is 69.7 Å². The number of methoxy groups -OCH3 is 1. The highest BCUT2D eigenvalue weighted by atomic mass is 35.5. The molecule has 0 saturated heterocycles. The van der Waals surface area contributed by atoms with Crippen molar-refractivity contribution in [2.75, 3.05) is 7.11 Å². The van der Waals surface area contributed by atoms with E-state index in [-0.39, 0.29) is 5.97 Å². The van der Waals surface area contributed by atoms with Crippen molar-refractivity contribution in [3.8, 4) is 6.07 Å². The van der Waals surface area contributed by atoms with Crippen molar-refractivity contribution in [3.63, 3.8) is 0 Å². The zero-order valence-corrected chi connectivity index (χ0v) is 15.5. The molecule has 0 saturated carbocycles. The molecule has 0 aliphatic carbocycles. The Morgan fingerprint density at radius 3 is 2.48 bits per heavy atom. The second-order valence-corrected chi connectivity index (χ2v) is 6.60. The molecule has 0 heterocycles. The third-order valence-electron chi connectivity index (χ3n) is 4.28. The van der Waals surface area contributed by atoms with Crippen LogP contribution in [-0.2, 0) is 14.9 Å². The van der Waals surface area contributed by atoms with Gasteiger partial charge in [-0.3, -0.25) is 4.79 Å². The molecule has 0 radical (unpaired) electrons. The number of nitriles is 1. The van der Waals surface area contributed by atoms with E-state index in [2.05, 4.69) is 6.07 Å². The fraction of sp³-hybridized carbons (Fsp3) is 0.300. The topological polar surface area (TPSA) is 50.1 Å². The second-order valence-electron chi connectivity index (χ2n) is 5.75. The zero-order valence-electron chi connectivity index (χ0n) is 14.0. The van der Waals surface area contributed by atoms with Gasteiger partial charge in [0.1, 0.15) is 5.41 Å². The van der Waals surface area contributed by atoms with Gasteiger partial charge in [0.25, 0.3) is 0 Å². The number of carbonyl (C=O) groups is 1. The monoisotopic (exact) mass is 375 g/mol. The molecule has 0 aliphatic heterocycles. The summed E-state index contributed by atoms with van der Waals surface area (Å²) in [6.07, 6.45) is 2.33. The Morgan fingerprint density at radius 2 is 1.88 bits per heavy atom. The van der Waals surface area contributed by atoms with Crippen molar-refractivity contribution < 1.29 is 9.53 Å². The zero-order chi connectivity index (χ0) is 18.3. The molecule has 1 unspecified atom stereocenters. The van der Waals surface area contributed by atoms with E-state index >= 15 is 0 Å². The summed E-state index contributed by atoms with van der Waals surface area (Å²) in [5.74, 6) is -0.375. The van der Waals surface area contributed by atoms with Crippen molar-refractivity contribution in [2.45, 2.75) is 31.1 Å². The maximum absolute atomic E-state index is 13.0. The van der Waals surface area contributed by atoms with E-state index in [1.165, 1.54) is 7.11 Å². The molecule has 0 amide bonds. The number of ether oxygens (including phenoxy) is 1. The first kappa shape index (κ1) is 19.3. The number of benzene rings is 2. The molecular formula is C20H19Cl2NO2. The molecule has 0 spiro atoms. The molecule has 0 N–H and O–H groups in total. The summed E-state index contributed by atoms with van der Waals surface area (Å²) >= 11 is 12.5. The van der Waals surface area contributed by atoms with E-state index in [0.29, 0.717) is 41.3 Å². The number of esters is 1. The van der Waals surface area contributed by atoms with Crippen LogP contribution in [0.3, 0.4) is 0 Å². The van der Waals surface area contributed by atoms with Crippen LogP contribution < -0.4 is 0 Å². The standard InChI is InChI=1S/C20H19Cl2NO2/c1-25-19(24)20(12-6-3-7-13-23,15-8-4-2-5-9-15)17-11-10-16(21)14-18(17)22/h2,4-5,8-11,14H,3,6-7,12H2,1H3. The van der Waals surface area contributed by atoms with Crippen molar-refractivity contribution in [1.29, 1.82) is 5.26 Å². The van der Waals surface area contributed by atoms with Crippen LogP contribution in [0.2, 0.25) is 10.0 Å². The summed E-state index contributed by atoms with van der Waals surface area (Å²) < 4.78 is 5.17. The Labute approximate surface area is 158 Å². The van der Waals surface area contributed by atoms with Gasteiger partial charge in [0.05, 0.1) is 13.2 Å². The number of hydrogen-bond donors (Lipinski definition) is 0. The predicted molar refractivity (Wildman–Crippen MR) is 99.8 cm³/mol. The summed E-state index contributed by atoms with van der Waals surface area (Å²) in [6, 6.07) is 16.7. The lowest BCUT2D eigenvalue weighted by Gasteiger charge is -2.33. The largest absolute Gasteiger partial charge is 0.468 e. The van der Waals surface area contributed by atoms with Crippen molar-refractivity contribution >= 4 is 29.2 Å². The Hall–Kier alpha value is -2.02. The third-order valence-corrected chi connectivity index (χ3v) is 4.83. The Morgan fingerprint density at radius 1 is 1.16 bits per heavy atom. The maximum Gasteiger partial charge on any atom is 0.320 e. The maximum atomic E-state index is 13.0. The minimum absolute atomic E-state index is 0.375. The van der Waals surface area contributed by atoms with Gasteiger partial charge in [-0.05, 0) is 36.1 Å². The van der Waals surface area contributed by atoms with E-state index < -0.39 is 5.41 Å². The highest BCUT2D eigenvalue weighted by Crippen LogP contribution is 2.42. The van der Waals surface area contributed by atoms with Gasteiger partial charge in [-0.1, -0.05) is 66.0 Å². The van der Waals surface area contributed by atoms with Crippen LogP contribution in [0.4, 0.5) is 0 Å². The van der Waals surface area contributed by atoms with E-state index in [4.69, 9.17) is 33.2 Å². The molecule has 130 valence electrons.